The molecule has 94 valence electrons. The van der Waals surface area contributed by atoms with Crippen LogP contribution in [0, 0.1) is 0 Å². The molecule has 19 heavy (non-hydrogen) atoms. The number of carbonyl (C=O) groups excluding carboxylic acids is 1. The van der Waals surface area contributed by atoms with E-state index in [0.717, 1.165) is 21.3 Å². The van der Waals surface area contributed by atoms with Gasteiger partial charge in [-0.25, -0.2) is 0 Å². The Bertz CT molecular complexity index is 775. The van der Waals surface area contributed by atoms with E-state index in [1.165, 1.54) is 0 Å². The van der Waals surface area contributed by atoms with Crippen LogP contribution in [0.2, 0.25) is 0 Å². The summed E-state index contributed by atoms with van der Waals surface area (Å²) in [7, 11) is 0. The van der Waals surface area contributed by atoms with Crippen molar-refractivity contribution in [2.24, 2.45) is 0 Å². The first-order valence-electron chi connectivity index (χ1n) is 5.99. The molecule has 0 unspecified atom stereocenters. The molecule has 0 amide bonds. The predicted molar refractivity (Wildman–Crippen MR) is 70.7 cm³/mol. The fourth-order valence-corrected chi connectivity index (χ4v) is 2.27. The van der Waals surface area contributed by atoms with Crippen LogP contribution in [0.25, 0.3) is 16.6 Å². The average molecular weight is 253 g/mol. The van der Waals surface area contributed by atoms with Gasteiger partial charge < -0.3 is 4.57 Å². The van der Waals surface area contributed by atoms with Crippen molar-refractivity contribution in [2.75, 3.05) is 0 Å². The SMILES string of the molecule is CC(=O)c1cn(-c2ccc[n+](O)c2)c2ccccc12. The molecule has 0 saturated heterocycles. The first-order chi connectivity index (χ1) is 9.16. The van der Waals surface area contributed by atoms with E-state index >= 15 is 0 Å². The van der Waals surface area contributed by atoms with E-state index in [1.807, 2.05) is 41.1 Å². The predicted octanol–water partition coefficient (Wildman–Crippen LogP) is 2.36. The smallest absolute Gasteiger partial charge is 0.246 e. The van der Waals surface area contributed by atoms with E-state index in [2.05, 4.69) is 0 Å². The first kappa shape index (κ1) is 11.5. The molecule has 2 heterocycles. The zero-order valence-corrected chi connectivity index (χ0v) is 10.4. The van der Waals surface area contributed by atoms with Gasteiger partial charge in [0.15, 0.2) is 5.78 Å². The van der Waals surface area contributed by atoms with E-state index in [1.54, 1.807) is 25.4 Å². The van der Waals surface area contributed by atoms with Crippen LogP contribution >= 0.6 is 0 Å². The van der Waals surface area contributed by atoms with Gasteiger partial charge >= 0.3 is 0 Å². The Balaban J connectivity index is 2.33. The van der Waals surface area contributed by atoms with Gasteiger partial charge in [0, 0.05) is 27.9 Å². The van der Waals surface area contributed by atoms with Crippen molar-refractivity contribution in [3.8, 4) is 5.69 Å². The van der Waals surface area contributed by atoms with Gasteiger partial charge in [-0.1, -0.05) is 18.2 Å². The summed E-state index contributed by atoms with van der Waals surface area (Å²) < 4.78 is 2.90. The van der Waals surface area contributed by atoms with Crippen LogP contribution in [-0.2, 0) is 0 Å². The van der Waals surface area contributed by atoms with Gasteiger partial charge in [-0.05, 0) is 19.1 Å². The third kappa shape index (κ3) is 1.87. The van der Waals surface area contributed by atoms with Crippen molar-refractivity contribution in [1.29, 1.82) is 0 Å². The molecule has 0 aliphatic heterocycles. The number of para-hydroxylation sites is 1. The van der Waals surface area contributed by atoms with E-state index in [-0.39, 0.29) is 5.78 Å². The molecule has 0 aliphatic rings. The lowest BCUT2D eigenvalue weighted by Crippen LogP contribution is -2.28. The summed E-state index contributed by atoms with van der Waals surface area (Å²) in [5.41, 5.74) is 2.43. The number of rotatable bonds is 2. The highest BCUT2D eigenvalue weighted by Crippen LogP contribution is 2.24. The number of hydrogen-bond acceptors (Lipinski definition) is 2. The second-order valence-corrected chi connectivity index (χ2v) is 4.43. The number of carbonyl (C=O) groups is 1. The van der Waals surface area contributed by atoms with Crippen molar-refractivity contribution in [1.82, 2.24) is 4.57 Å². The molecule has 3 rings (SSSR count). The van der Waals surface area contributed by atoms with E-state index in [0.29, 0.717) is 5.56 Å². The quantitative estimate of drug-likeness (QED) is 0.433. The topological polar surface area (TPSA) is 46.1 Å². The third-order valence-corrected chi connectivity index (χ3v) is 3.14. The standard InChI is InChI=1S/C15H13N2O2/c1-11(18)14-10-17(12-5-4-8-16(19)9-12)15-7-3-2-6-13(14)15/h2-10,19H,1H3/q+1. The molecule has 0 atom stereocenters. The van der Waals surface area contributed by atoms with Crippen LogP contribution in [0.4, 0.5) is 0 Å². The van der Waals surface area contributed by atoms with E-state index in [9.17, 15) is 10.0 Å². The lowest BCUT2D eigenvalue weighted by Gasteiger charge is -2.01. The summed E-state index contributed by atoms with van der Waals surface area (Å²) >= 11 is 0. The van der Waals surface area contributed by atoms with Gasteiger partial charge in [-0.3, -0.25) is 10.0 Å². The molecule has 0 bridgehead atoms. The Kier molecular flexibility index (Phi) is 2.56. The average Bonchev–Trinajstić information content (AvgIpc) is 2.78. The maximum atomic E-state index is 11.7. The summed E-state index contributed by atoms with van der Waals surface area (Å²) in [6.45, 7) is 1.56. The van der Waals surface area contributed by atoms with Gasteiger partial charge in [-0.15, -0.1) is 0 Å². The molecule has 0 radical (unpaired) electrons. The summed E-state index contributed by atoms with van der Waals surface area (Å²) in [6, 6.07) is 11.4. The Morgan fingerprint density at radius 3 is 2.74 bits per heavy atom. The molecular formula is C15H13N2O2+. The number of ketones is 1. The van der Waals surface area contributed by atoms with E-state index in [4.69, 9.17) is 0 Å². The van der Waals surface area contributed by atoms with Crippen molar-refractivity contribution >= 4 is 16.7 Å². The molecule has 4 heteroatoms. The van der Waals surface area contributed by atoms with Gasteiger partial charge in [-0.2, -0.15) is 0 Å². The largest absolute Gasteiger partial charge is 0.310 e. The fraction of sp³-hybridized carbons (Fsp3) is 0.0667. The Labute approximate surface area is 110 Å². The van der Waals surface area contributed by atoms with Gasteiger partial charge in [0.25, 0.3) is 0 Å². The van der Waals surface area contributed by atoms with Crippen LogP contribution in [-0.4, -0.2) is 15.6 Å². The lowest BCUT2D eigenvalue weighted by atomic mass is 10.1. The highest BCUT2D eigenvalue weighted by molar-refractivity contribution is 6.07. The minimum absolute atomic E-state index is 0.0303. The molecule has 0 aliphatic carbocycles. The Hall–Kier alpha value is -2.62. The normalized spacial score (nSPS) is 10.8. The summed E-state index contributed by atoms with van der Waals surface area (Å²) in [5.74, 6) is 0.0303. The minimum atomic E-state index is 0.0303. The molecule has 0 saturated carbocycles. The number of fused-ring (bicyclic) bond motifs is 1. The molecule has 1 N–H and O–H groups in total. The number of aromatic nitrogens is 2. The summed E-state index contributed by atoms with van der Waals surface area (Å²) in [4.78, 5) is 11.7. The van der Waals surface area contributed by atoms with Crippen LogP contribution in [0.3, 0.4) is 0 Å². The van der Waals surface area contributed by atoms with Crippen LogP contribution in [0.1, 0.15) is 17.3 Å². The summed E-state index contributed by atoms with van der Waals surface area (Å²) in [6.07, 6.45) is 4.94. The second kappa shape index (κ2) is 4.24. The highest BCUT2D eigenvalue weighted by atomic mass is 16.5. The van der Waals surface area contributed by atoms with Crippen molar-refractivity contribution < 1.29 is 14.7 Å². The Morgan fingerprint density at radius 2 is 2.00 bits per heavy atom. The number of pyridine rings is 1. The number of benzene rings is 1. The van der Waals surface area contributed by atoms with Crippen molar-refractivity contribution in [3.63, 3.8) is 0 Å². The molecular weight excluding hydrogens is 240 g/mol. The number of Topliss-reactive ketones (excluding diaryl/α,β-unsaturated/α-hetero) is 1. The third-order valence-electron chi connectivity index (χ3n) is 3.14. The van der Waals surface area contributed by atoms with Gasteiger partial charge in [0.1, 0.15) is 5.69 Å². The zero-order chi connectivity index (χ0) is 13.4. The van der Waals surface area contributed by atoms with Crippen LogP contribution in [0.5, 0.6) is 0 Å². The number of hydrogen-bond donors (Lipinski definition) is 1. The lowest BCUT2D eigenvalue weighted by molar-refractivity contribution is -0.904. The van der Waals surface area contributed by atoms with E-state index < -0.39 is 0 Å². The first-order valence-corrected chi connectivity index (χ1v) is 5.99. The molecule has 2 aromatic heterocycles. The van der Waals surface area contributed by atoms with Crippen LogP contribution < -0.4 is 4.73 Å². The van der Waals surface area contributed by atoms with Gasteiger partial charge in [0.05, 0.1) is 5.52 Å². The molecule has 0 fully saturated rings. The maximum Gasteiger partial charge on any atom is 0.246 e. The molecule has 3 aromatic rings. The minimum Gasteiger partial charge on any atom is -0.310 e. The Morgan fingerprint density at radius 1 is 1.21 bits per heavy atom. The van der Waals surface area contributed by atoms with Crippen LogP contribution in [0.15, 0.2) is 55.0 Å². The van der Waals surface area contributed by atoms with Crippen molar-refractivity contribution in [3.05, 3.63) is 60.6 Å². The number of nitrogens with zero attached hydrogens (tertiary/aromatic N) is 2. The monoisotopic (exact) mass is 253 g/mol. The summed E-state index contributed by atoms with van der Waals surface area (Å²) in [5, 5.41) is 10.4. The second-order valence-electron chi connectivity index (χ2n) is 4.43. The molecule has 4 nitrogen and oxygen atoms in total. The molecule has 1 aromatic carbocycles. The fourth-order valence-electron chi connectivity index (χ4n) is 2.27. The zero-order valence-electron chi connectivity index (χ0n) is 10.4. The maximum absolute atomic E-state index is 11.7. The van der Waals surface area contributed by atoms with Crippen molar-refractivity contribution in [2.45, 2.75) is 6.92 Å². The molecule has 0 spiro atoms. The van der Waals surface area contributed by atoms with Gasteiger partial charge in [0.2, 0.25) is 12.4 Å². The highest BCUT2D eigenvalue weighted by Gasteiger charge is 2.13.